The molecule has 0 bridgehead atoms. The van der Waals surface area contributed by atoms with Crippen LogP contribution in [0.5, 0.6) is 0 Å². The molecule has 0 N–H and O–H groups in total. The van der Waals surface area contributed by atoms with Crippen LogP contribution in [0.3, 0.4) is 0 Å². The number of thiophene rings is 1. The summed E-state index contributed by atoms with van der Waals surface area (Å²) in [5.74, 6) is 0.507. The number of hydrogen-bond donors (Lipinski definition) is 0. The fraction of sp³-hybridized carbons (Fsp3) is 0.871. The number of benzene rings is 1. The molecule has 0 spiro atoms. The Balaban J connectivity index is 2.02. The number of unbranched alkanes of at least 4 members (excludes halogenated alkanes) is 3. The van der Waals surface area contributed by atoms with Crippen molar-refractivity contribution in [2.75, 3.05) is 13.2 Å². The first-order valence-electron chi connectivity index (χ1n) is 34.1. The second-order valence-corrected chi connectivity index (χ2v) is 71.9. The molecular weight excluding hydrogens is 1210 g/mol. The average Bonchev–Trinajstić information content (AvgIpc) is 2.22. The van der Waals surface area contributed by atoms with Crippen molar-refractivity contribution >= 4 is 85.6 Å². The smallest absolute Gasteiger partial charge is 0.305 e. The molecule has 1 aliphatic rings. The summed E-state index contributed by atoms with van der Waals surface area (Å²) >= 11 is 1.91. The second-order valence-electron chi connectivity index (χ2n) is 37.4. The molecule has 1 heterocycles. The number of esters is 1. The van der Waals surface area contributed by atoms with Gasteiger partial charge in [-0.25, -0.2) is 0 Å². The molecule has 0 aliphatic heterocycles. The highest BCUT2D eigenvalue weighted by Gasteiger charge is 2.54. The standard InChI is InChI=1S/C70H140O9SSi7/c1-64(2,3)81(22,23)73-51-59(78-86(32,33)69(16,17)18)63(79-87(34,35)70(19,20)21)58(77-85(30,31)68(13,14)15)50-72-62(71)45-39-37-36-38-43-53-54(57(76-84(28,29)67(10,11)12)49-56(53)75-83(26,27)66(7,8)9)46-47-55(74-82(24,25)65(4,5)6)61-48-52-42-40-41-44-60(52)80-61/h40-42,44,48,53-59,63H,36-39,43,45-47,49-51H2,1-35H3/t53-,54-,55-,56+,57-,58-,59+,63+/m1/s1. The largest absolute Gasteiger partial charge is 0.463 e. The van der Waals surface area contributed by atoms with Crippen molar-refractivity contribution < 1.29 is 40.5 Å². The van der Waals surface area contributed by atoms with E-state index in [0.29, 0.717) is 24.9 Å². The van der Waals surface area contributed by atoms with Gasteiger partial charge in [0.25, 0.3) is 0 Å². The predicted octanol–water partition coefficient (Wildman–Crippen LogP) is 23.2. The highest BCUT2D eigenvalue weighted by atomic mass is 32.1. The second kappa shape index (κ2) is 29.5. The van der Waals surface area contributed by atoms with Gasteiger partial charge in [0.2, 0.25) is 0 Å². The number of rotatable bonds is 30. The van der Waals surface area contributed by atoms with Crippen LogP contribution in [0.2, 0.25) is 127 Å². The molecule has 1 aliphatic carbocycles. The van der Waals surface area contributed by atoms with Crippen LogP contribution in [0.1, 0.15) is 214 Å². The van der Waals surface area contributed by atoms with E-state index in [0.717, 1.165) is 51.4 Å². The molecule has 0 amide bonds. The van der Waals surface area contributed by atoms with Crippen molar-refractivity contribution in [1.82, 2.24) is 0 Å². The molecule has 0 radical (unpaired) electrons. The van der Waals surface area contributed by atoms with Gasteiger partial charge in [-0.2, -0.15) is 0 Å². The maximum atomic E-state index is 14.3. The predicted molar refractivity (Wildman–Crippen MR) is 396 cm³/mol. The molecule has 17 heteroatoms. The fourth-order valence-corrected chi connectivity index (χ4v) is 20.0. The van der Waals surface area contributed by atoms with E-state index in [4.69, 9.17) is 35.7 Å². The number of carbonyl (C=O) groups is 1. The highest BCUT2D eigenvalue weighted by Crippen LogP contribution is 2.52. The average molecular weight is 1350 g/mol. The van der Waals surface area contributed by atoms with Crippen LogP contribution in [-0.2, 0) is 40.5 Å². The van der Waals surface area contributed by atoms with E-state index in [-0.39, 0.29) is 66.2 Å². The van der Waals surface area contributed by atoms with Crippen LogP contribution >= 0.6 is 11.3 Å². The molecular formula is C70H140O9SSi7. The van der Waals surface area contributed by atoms with E-state index in [2.05, 4.69) is 267 Å². The van der Waals surface area contributed by atoms with Gasteiger partial charge in [-0.1, -0.05) is 183 Å². The van der Waals surface area contributed by atoms with Crippen LogP contribution in [0, 0.1) is 11.8 Å². The molecule has 0 unspecified atom stereocenters. The molecule has 1 aromatic heterocycles. The van der Waals surface area contributed by atoms with Gasteiger partial charge in [-0.05, 0) is 188 Å². The maximum absolute atomic E-state index is 14.3. The lowest BCUT2D eigenvalue weighted by Gasteiger charge is -2.49. The lowest BCUT2D eigenvalue weighted by Crippen LogP contribution is -2.60. The Bertz CT molecular complexity index is 2420. The topological polar surface area (TPSA) is 90.9 Å². The first kappa shape index (κ1) is 81.1. The van der Waals surface area contributed by atoms with Gasteiger partial charge in [0.1, 0.15) is 18.8 Å². The number of hydrogen-bond acceptors (Lipinski definition) is 10. The fourth-order valence-electron chi connectivity index (χ4n) is 9.78. The number of fused-ring (bicyclic) bond motifs is 1. The van der Waals surface area contributed by atoms with Gasteiger partial charge in [-0.3, -0.25) is 4.79 Å². The van der Waals surface area contributed by atoms with Gasteiger partial charge in [-0.15, -0.1) is 11.3 Å². The Hall–Kier alpha value is -0.112. The SMILES string of the molecule is CC(C)(C)[Si](C)(C)OC[C@H](O[Si](C)(C)C(C)(C)C)[C@@H](O[Si](C)(C)C(C)(C)C)[C@@H](COC(=O)CCCCCC[C@@H]1[C@@H](CC[C@@H](O[Si](C)(C)C(C)(C)C)c2cc3ccccc3s2)[C@H](O[Si](C)(C)C(C)(C)C)C[C@@H]1O[Si](C)(C)C(C)(C)C)O[Si](C)(C)C(C)(C)C. The Morgan fingerprint density at radius 3 is 1.30 bits per heavy atom. The molecule has 1 saturated carbocycles. The first-order chi connectivity index (χ1) is 38.7. The third-order valence-corrected chi connectivity index (χ3v) is 55.9. The summed E-state index contributed by atoms with van der Waals surface area (Å²) in [5.41, 5.74) is 0. The molecule has 2 aromatic rings. The number of carbonyl (C=O) groups excluding carboxylic acids is 1. The monoisotopic (exact) mass is 1350 g/mol. The first-order valence-corrected chi connectivity index (χ1v) is 55.2. The summed E-state index contributed by atoms with van der Waals surface area (Å²) in [5, 5.41) is 1.30. The van der Waals surface area contributed by atoms with Crippen LogP contribution in [0.25, 0.3) is 10.1 Å². The van der Waals surface area contributed by atoms with Crippen molar-refractivity contribution in [3.8, 4) is 0 Å². The lowest BCUT2D eigenvalue weighted by molar-refractivity contribution is -0.150. The zero-order chi connectivity index (χ0) is 67.6. The minimum Gasteiger partial charge on any atom is -0.463 e. The van der Waals surface area contributed by atoms with Gasteiger partial charge >= 0.3 is 5.97 Å². The third kappa shape index (κ3) is 22.2. The molecule has 0 saturated heterocycles. The van der Waals surface area contributed by atoms with Gasteiger partial charge < -0.3 is 35.7 Å². The third-order valence-electron chi connectivity index (χ3n) is 23.2. The van der Waals surface area contributed by atoms with E-state index in [1.165, 1.54) is 15.0 Å². The van der Waals surface area contributed by atoms with Crippen molar-refractivity contribution in [2.24, 2.45) is 11.8 Å². The summed E-state index contributed by atoms with van der Waals surface area (Å²) in [4.78, 5) is 15.6. The summed E-state index contributed by atoms with van der Waals surface area (Å²) in [6.45, 7) is 82.4. The Labute approximate surface area is 549 Å². The maximum Gasteiger partial charge on any atom is 0.305 e. The number of ether oxygens (including phenoxy) is 1. The van der Waals surface area contributed by atoms with Gasteiger partial charge in [0.05, 0.1) is 31.0 Å². The van der Waals surface area contributed by atoms with Crippen LogP contribution in [0.15, 0.2) is 30.3 Å². The molecule has 8 atom stereocenters. The van der Waals surface area contributed by atoms with Crippen molar-refractivity contribution in [2.45, 2.75) is 367 Å². The van der Waals surface area contributed by atoms with Crippen LogP contribution in [0.4, 0.5) is 0 Å². The van der Waals surface area contributed by atoms with Crippen molar-refractivity contribution in [3.05, 3.63) is 35.2 Å². The Morgan fingerprint density at radius 1 is 0.471 bits per heavy atom. The molecule has 9 nitrogen and oxygen atoms in total. The zero-order valence-corrected chi connectivity index (χ0v) is 71.2. The van der Waals surface area contributed by atoms with Gasteiger partial charge in [0, 0.05) is 16.0 Å². The van der Waals surface area contributed by atoms with E-state index < -0.39 is 76.5 Å². The van der Waals surface area contributed by atoms with Crippen molar-refractivity contribution in [3.63, 3.8) is 0 Å². The summed E-state index contributed by atoms with van der Waals surface area (Å²) < 4.78 is 60.4. The van der Waals surface area contributed by atoms with Gasteiger partial charge in [0.15, 0.2) is 58.2 Å². The molecule has 3 rings (SSSR count). The quantitative estimate of drug-likeness (QED) is 0.0431. The lowest BCUT2D eigenvalue weighted by atomic mass is 9.84. The summed E-state index contributed by atoms with van der Waals surface area (Å²) in [7, 11) is -16.0. The molecule has 1 aromatic carbocycles. The van der Waals surface area contributed by atoms with Crippen molar-refractivity contribution in [1.29, 1.82) is 0 Å². The molecule has 87 heavy (non-hydrogen) atoms. The minimum absolute atomic E-state index is 0.00511. The Morgan fingerprint density at radius 2 is 0.862 bits per heavy atom. The van der Waals surface area contributed by atoms with Crippen LogP contribution in [-0.4, -0.2) is 108 Å². The zero-order valence-electron chi connectivity index (χ0n) is 63.4. The highest BCUT2D eigenvalue weighted by molar-refractivity contribution is 7.19. The summed E-state index contributed by atoms with van der Waals surface area (Å²) in [6.07, 6.45) is 6.93. The minimum atomic E-state index is -2.47. The molecule has 1 fully saturated rings. The Kier molecular flexibility index (Phi) is 27.5. The summed E-state index contributed by atoms with van der Waals surface area (Å²) in [6, 6.07) is 11.2. The molecule has 508 valence electrons. The van der Waals surface area contributed by atoms with E-state index in [1.54, 1.807) is 0 Å². The van der Waals surface area contributed by atoms with E-state index >= 15 is 0 Å². The van der Waals surface area contributed by atoms with Crippen LogP contribution < -0.4 is 0 Å². The van der Waals surface area contributed by atoms with E-state index in [9.17, 15) is 4.79 Å². The van der Waals surface area contributed by atoms with E-state index in [1.807, 2.05) is 11.3 Å². The normalized spacial score (nSPS) is 20.5.